The first kappa shape index (κ1) is 29.4. The Bertz CT molecular complexity index is 1510. The Morgan fingerprint density at radius 3 is 2.07 bits per heavy atom. The number of ether oxygens (including phenoxy) is 2. The Labute approximate surface area is 238 Å². The van der Waals surface area contributed by atoms with Gasteiger partial charge in [-0.1, -0.05) is 42.5 Å². The molecule has 8 heteroatoms. The van der Waals surface area contributed by atoms with E-state index < -0.39 is 11.9 Å². The average Bonchev–Trinajstić information content (AvgIpc) is 3.21. The summed E-state index contributed by atoms with van der Waals surface area (Å²) in [5.74, 6) is -0.651. The van der Waals surface area contributed by atoms with Crippen molar-refractivity contribution in [3.8, 4) is 11.5 Å². The van der Waals surface area contributed by atoms with Crippen LogP contribution >= 0.6 is 0 Å². The maximum Gasteiger partial charge on any atom is 0.323 e. The molecular weight excluding hydrogens is 525 g/mol. The summed E-state index contributed by atoms with van der Waals surface area (Å²) >= 11 is 0. The number of unbranched alkanes of at least 4 members (excludes halogenated alkanes) is 1. The molecule has 4 aromatic rings. The van der Waals surface area contributed by atoms with Gasteiger partial charge in [0.15, 0.2) is 0 Å². The van der Waals surface area contributed by atoms with Gasteiger partial charge in [0.25, 0.3) is 0 Å². The van der Waals surface area contributed by atoms with E-state index in [1.165, 1.54) is 12.1 Å². The molecule has 41 heavy (non-hydrogen) atoms. The van der Waals surface area contributed by atoms with Crippen molar-refractivity contribution in [1.82, 2.24) is 4.57 Å². The van der Waals surface area contributed by atoms with Gasteiger partial charge >= 0.3 is 11.9 Å². The number of aryl methyl sites for hydroxylation is 1. The standard InChI is InChI=1S/C33H34FNO6/c1-23-29(7-5-9-31(36)37)30-8-4-6-25(33(30)35(23)22-32(38)39)13-10-24-11-16-27(17-12-24)40-20-2-3-21-41-28-18-14-26(34)15-19-28/h4,6,8,10-19H,2-3,5,7,9,20-22H2,1H3,(H,36,37)(H,38,39)/b13-10+. The zero-order valence-corrected chi connectivity index (χ0v) is 23.0. The minimum absolute atomic E-state index is 0.0658. The number of halogens is 1. The first-order chi connectivity index (χ1) is 19.8. The van der Waals surface area contributed by atoms with Crippen molar-refractivity contribution in [2.24, 2.45) is 0 Å². The van der Waals surface area contributed by atoms with Crippen LogP contribution in [0.3, 0.4) is 0 Å². The van der Waals surface area contributed by atoms with Crippen molar-refractivity contribution in [1.29, 1.82) is 0 Å². The van der Waals surface area contributed by atoms with Gasteiger partial charge in [0, 0.05) is 17.5 Å². The highest BCUT2D eigenvalue weighted by Crippen LogP contribution is 2.31. The normalized spacial score (nSPS) is 11.3. The molecular formula is C33H34FNO6. The molecule has 0 aliphatic heterocycles. The third-order valence-corrected chi connectivity index (χ3v) is 6.84. The predicted molar refractivity (Wildman–Crippen MR) is 157 cm³/mol. The number of carboxylic acids is 2. The van der Waals surface area contributed by atoms with Crippen LogP contribution < -0.4 is 9.47 Å². The van der Waals surface area contributed by atoms with Crippen LogP contribution in [0.15, 0.2) is 66.7 Å². The van der Waals surface area contributed by atoms with E-state index in [4.69, 9.17) is 14.6 Å². The van der Waals surface area contributed by atoms with Crippen molar-refractivity contribution >= 4 is 35.0 Å². The highest BCUT2D eigenvalue weighted by molar-refractivity contribution is 5.95. The van der Waals surface area contributed by atoms with Gasteiger partial charge in [0.2, 0.25) is 0 Å². The molecule has 2 N–H and O–H groups in total. The van der Waals surface area contributed by atoms with Crippen molar-refractivity contribution in [3.63, 3.8) is 0 Å². The molecule has 0 atom stereocenters. The van der Waals surface area contributed by atoms with Gasteiger partial charge in [0.1, 0.15) is 23.9 Å². The fraction of sp³-hybridized carbons (Fsp3) is 0.273. The molecule has 1 heterocycles. The van der Waals surface area contributed by atoms with E-state index in [0.717, 1.165) is 51.9 Å². The van der Waals surface area contributed by atoms with E-state index >= 15 is 0 Å². The molecule has 0 unspecified atom stereocenters. The Hall–Kier alpha value is -4.59. The third-order valence-electron chi connectivity index (χ3n) is 6.84. The Morgan fingerprint density at radius 1 is 0.829 bits per heavy atom. The lowest BCUT2D eigenvalue weighted by atomic mass is 10.0. The number of nitrogens with zero attached hydrogens (tertiary/aromatic N) is 1. The lowest BCUT2D eigenvalue weighted by molar-refractivity contribution is -0.138. The number of aliphatic carboxylic acids is 2. The maximum atomic E-state index is 12.9. The van der Waals surface area contributed by atoms with Crippen LogP contribution in [0.2, 0.25) is 0 Å². The summed E-state index contributed by atoms with van der Waals surface area (Å²) in [5, 5.41) is 19.5. The van der Waals surface area contributed by atoms with Gasteiger partial charge < -0.3 is 24.3 Å². The van der Waals surface area contributed by atoms with Crippen LogP contribution in [-0.4, -0.2) is 39.9 Å². The largest absolute Gasteiger partial charge is 0.494 e. The van der Waals surface area contributed by atoms with E-state index in [1.54, 1.807) is 16.7 Å². The highest BCUT2D eigenvalue weighted by atomic mass is 19.1. The summed E-state index contributed by atoms with van der Waals surface area (Å²) < 4.78 is 26.2. The summed E-state index contributed by atoms with van der Waals surface area (Å²) in [7, 11) is 0. The van der Waals surface area contributed by atoms with E-state index in [9.17, 15) is 19.1 Å². The number of hydrogen-bond donors (Lipinski definition) is 2. The van der Waals surface area contributed by atoms with Gasteiger partial charge in [-0.3, -0.25) is 9.59 Å². The molecule has 0 saturated heterocycles. The molecule has 0 spiro atoms. The average molecular weight is 560 g/mol. The van der Waals surface area contributed by atoms with Crippen molar-refractivity contribution in [3.05, 3.63) is 94.9 Å². The second-order valence-corrected chi connectivity index (χ2v) is 9.79. The highest BCUT2D eigenvalue weighted by Gasteiger charge is 2.18. The molecule has 0 aliphatic carbocycles. The summed E-state index contributed by atoms with van der Waals surface area (Å²) in [6.07, 6.45) is 6.70. The number of carboxylic acid groups (broad SMARTS) is 2. The first-order valence-electron chi connectivity index (χ1n) is 13.7. The van der Waals surface area contributed by atoms with E-state index in [-0.39, 0.29) is 18.8 Å². The zero-order chi connectivity index (χ0) is 29.2. The van der Waals surface area contributed by atoms with E-state index in [1.807, 2.05) is 61.5 Å². The molecule has 0 fully saturated rings. The quantitative estimate of drug-likeness (QED) is 0.120. The topological polar surface area (TPSA) is 98.0 Å². The van der Waals surface area contributed by atoms with Crippen LogP contribution in [0.25, 0.3) is 23.1 Å². The predicted octanol–water partition coefficient (Wildman–Crippen LogP) is 6.99. The molecule has 0 saturated carbocycles. The molecule has 3 aromatic carbocycles. The fourth-order valence-corrected chi connectivity index (χ4v) is 4.81. The summed E-state index contributed by atoms with van der Waals surface area (Å²) in [4.78, 5) is 22.7. The Balaban J connectivity index is 1.37. The van der Waals surface area contributed by atoms with Crippen molar-refractivity contribution < 1.29 is 33.7 Å². The SMILES string of the molecule is Cc1c(CCCC(=O)O)c2cccc(/C=C/c3ccc(OCCCCOc4ccc(F)cc4)cc3)c2n1CC(=O)O. The van der Waals surface area contributed by atoms with Gasteiger partial charge in [-0.15, -0.1) is 0 Å². The number of rotatable bonds is 15. The second-order valence-electron chi connectivity index (χ2n) is 9.79. The second kappa shape index (κ2) is 14.2. The summed E-state index contributed by atoms with van der Waals surface area (Å²) in [6, 6.07) is 19.6. The van der Waals surface area contributed by atoms with E-state index in [0.29, 0.717) is 31.8 Å². The van der Waals surface area contributed by atoms with Gasteiger partial charge in [0.05, 0.1) is 18.7 Å². The molecule has 214 valence electrons. The van der Waals surface area contributed by atoms with E-state index in [2.05, 4.69) is 0 Å². The molecule has 4 rings (SSSR count). The monoisotopic (exact) mass is 559 g/mol. The zero-order valence-electron chi connectivity index (χ0n) is 23.0. The smallest absolute Gasteiger partial charge is 0.323 e. The maximum absolute atomic E-state index is 12.9. The fourth-order valence-electron chi connectivity index (χ4n) is 4.81. The van der Waals surface area contributed by atoms with Crippen LogP contribution in [0.5, 0.6) is 11.5 Å². The van der Waals surface area contributed by atoms with Gasteiger partial charge in [-0.05, 0) is 85.7 Å². The van der Waals surface area contributed by atoms with Crippen LogP contribution in [0.1, 0.15) is 48.1 Å². The molecule has 7 nitrogen and oxygen atoms in total. The minimum atomic E-state index is -0.933. The van der Waals surface area contributed by atoms with Crippen LogP contribution in [-0.2, 0) is 22.6 Å². The minimum Gasteiger partial charge on any atom is -0.494 e. The number of hydrogen-bond acceptors (Lipinski definition) is 4. The number of carbonyl (C=O) groups is 2. The summed E-state index contributed by atoms with van der Waals surface area (Å²) in [6.45, 7) is 2.81. The number of benzene rings is 3. The molecule has 0 radical (unpaired) electrons. The molecule has 1 aromatic heterocycles. The first-order valence-corrected chi connectivity index (χ1v) is 13.7. The lowest BCUT2D eigenvalue weighted by Gasteiger charge is -2.08. The Kier molecular flexibility index (Phi) is 10.2. The third kappa shape index (κ3) is 8.20. The number of fused-ring (bicyclic) bond motifs is 1. The van der Waals surface area contributed by atoms with Crippen LogP contribution in [0.4, 0.5) is 4.39 Å². The lowest BCUT2D eigenvalue weighted by Crippen LogP contribution is -2.10. The van der Waals surface area contributed by atoms with Gasteiger partial charge in [-0.2, -0.15) is 0 Å². The molecule has 0 amide bonds. The number of aromatic nitrogens is 1. The number of para-hydroxylation sites is 1. The van der Waals surface area contributed by atoms with Crippen LogP contribution in [0, 0.1) is 12.7 Å². The van der Waals surface area contributed by atoms with Crippen molar-refractivity contribution in [2.45, 2.75) is 45.6 Å². The molecule has 0 bridgehead atoms. The summed E-state index contributed by atoms with van der Waals surface area (Å²) in [5.41, 5.74) is 4.52. The Morgan fingerprint density at radius 2 is 1.46 bits per heavy atom. The van der Waals surface area contributed by atoms with Gasteiger partial charge in [-0.25, -0.2) is 4.39 Å². The molecule has 0 aliphatic rings. The van der Waals surface area contributed by atoms with Crippen molar-refractivity contribution in [2.75, 3.05) is 13.2 Å².